The number of thioether (sulfide) groups is 1. The SMILES string of the molecule is CNC1CCSc2ccc(F)cc21. The summed E-state index contributed by atoms with van der Waals surface area (Å²) in [5.41, 5.74) is 1.11. The molecule has 1 unspecified atom stereocenters. The lowest BCUT2D eigenvalue weighted by Crippen LogP contribution is -2.20. The van der Waals surface area contributed by atoms with E-state index in [0.29, 0.717) is 6.04 Å². The molecule has 1 aromatic carbocycles. The van der Waals surface area contributed by atoms with E-state index in [0.717, 1.165) is 17.7 Å². The van der Waals surface area contributed by atoms with Crippen molar-refractivity contribution in [2.45, 2.75) is 17.4 Å². The van der Waals surface area contributed by atoms with Gasteiger partial charge in [-0.2, -0.15) is 0 Å². The van der Waals surface area contributed by atoms with Crippen molar-refractivity contribution in [1.29, 1.82) is 0 Å². The first kappa shape index (κ1) is 9.03. The zero-order chi connectivity index (χ0) is 9.26. The largest absolute Gasteiger partial charge is 0.313 e. The number of hydrogen-bond donors (Lipinski definition) is 1. The highest BCUT2D eigenvalue weighted by Gasteiger charge is 2.19. The third-order valence-corrected chi connectivity index (χ3v) is 3.48. The van der Waals surface area contributed by atoms with Crippen LogP contribution in [0.15, 0.2) is 23.1 Å². The van der Waals surface area contributed by atoms with Crippen LogP contribution in [0.5, 0.6) is 0 Å². The average molecular weight is 197 g/mol. The number of fused-ring (bicyclic) bond motifs is 1. The first-order valence-corrected chi connectivity index (χ1v) is 5.39. The van der Waals surface area contributed by atoms with Crippen LogP contribution >= 0.6 is 11.8 Å². The summed E-state index contributed by atoms with van der Waals surface area (Å²) in [6.07, 6.45) is 1.08. The quantitative estimate of drug-likeness (QED) is 0.742. The highest BCUT2D eigenvalue weighted by atomic mass is 32.2. The van der Waals surface area contributed by atoms with Crippen molar-refractivity contribution < 1.29 is 4.39 Å². The van der Waals surface area contributed by atoms with E-state index in [1.807, 2.05) is 24.9 Å². The maximum absolute atomic E-state index is 13.0. The number of halogens is 1. The molecule has 1 nitrogen and oxygen atoms in total. The van der Waals surface area contributed by atoms with Crippen LogP contribution in [0.25, 0.3) is 0 Å². The smallest absolute Gasteiger partial charge is 0.123 e. The first-order chi connectivity index (χ1) is 6.31. The van der Waals surface area contributed by atoms with E-state index < -0.39 is 0 Å². The van der Waals surface area contributed by atoms with Crippen molar-refractivity contribution in [2.75, 3.05) is 12.8 Å². The Morgan fingerprint density at radius 2 is 2.38 bits per heavy atom. The third kappa shape index (κ3) is 1.71. The second-order valence-corrected chi connectivity index (χ2v) is 4.30. The van der Waals surface area contributed by atoms with Crippen molar-refractivity contribution in [3.8, 4) is 0 Å². The predicted molar refractivity (Wildman–Crippen MR) is 53.5 cm³/mol. The summed E-state index contributed by atoms with van der Waals surface area (Å²) in [5.74, 6) is 0.978. The van der Waals surface area contributed by atoms with Gasteiger partial charge in [0.1, 0.15) is 5.82 Å². The van der Waals surface area contributed by atoms with E-state index in [2.05, 4.69) is 5.32 Å². The highest BCUT2D eigenvalue weighted by Crippen LogP contribution is 2.35. The van der Waals surface area contributed by atoms with Crippen molar-refractivity contribution in [2.24, 2.45) is 0 Å². The molecule has 0 saturated heterocycles. The first-order valence-electron chi connectivity index (χ1n) is 4.41. The summed E-state index contributed by atoms with van der Waals surface area (Å²) < 4.78 is 13.0. The maximum Gasteiger partial charge on any atom is 0.123 e. The van der Waals surface area contributed by atoms with E-state index in [1.54, 1.807) is 6.07 Å². The molecule has 3 heteroatoms. The fourth-order valence-corrected chi connectivity index (χ4v) is 2.77. The predicted octanol–water partition coefficient (Wildman–Crippen LogP) is 2.58. The van der Waals surface area contributed by atoms with Gasteiger partial charge in [-0.15, -0.1) is 11.8 Å². The average Bonchev–Trinajstić information content (AvgIpc) is 2.17. The van der Waals surface area contributed by atoms with E-state index in [-0.39, 0.29) is 5.82 Å². The standard InChI is InChI=1S/C10H12FNS/c1-12-9-4-5-13-10-3-2-7(11)6-8(9)10/h2-3,6,9,12H,4-5H2,1H3. The van der Waals surface area contributed by atoms with Gasteiger partial charge in [-0.1, -0.05) is 0 Å². The van der Waals surface area contributed by atoms with Gasteiger partial charge < -0.3 is 5.32 Å². The number of benzene rings is 1. The van der Waals surface area contributed by atoms with Crippen LogP contribution in [0.2, 0.25) is 0 Å². The van der Waals surface area contributed by atoms with Gasteiger partial charge in [0.25, 0.3) is 0 Å². The normalized spacial score (nSPS) is 21.2. The van der Waals surface area contributed by atoms with Gasteiger partial charge in [-0.3, -0.25) is 0 Å². The molecule has 0 spiro atoms. The summed E-state index contributed by atoms with van der Waals surface area (Å²) in [6, 6.07) is 5.37. The van der Waals surface area contributed by atoms with Crippen molar-refractivity contribution in [3.05, 3.63) is 29.6 Å². The Hall–Kier alpha value is -0.540. The Morgan fingerprint density at radius 1 is 1.54 bits per heavy atom. The molecule has 0 radical (unpaired) electrons. The Kier molecular flexibility index (Phi) is 2.56. The van der Waals surface area contributed by atoms with Gasteiger partial charge in [0.05, 0.1) is 0 Å². The summed E-state index contributed by atoms with van der Waals surface area (Å²) in [6.45, 7) is 0. The Bertz CT molecular complexity index is 314. The molecular formula is C10H12FNS. The molecule has 1 heterocycles. The summed E-state index contributed by atoms with van der Waals surface area (Å²) in [4.78, 5) is 1.21. The van der Waals surface area contributed by atoms with E-state index in [1.165, 1.54) is 11.0 Å². The van der Waals surface area contributed by atoms with Gasteiger partial charge >= 0.3 is 0 Å². The lowest BCUT2D eigenvalue weighted by Gasteiger charge is -2.24. The van der Waals surface area contributed by atoms with Gasteiger partial charge in [-0.25, -0.2) is 4.39 Å². The second kappa shape index (κ2) is 3.68. The molecule has 1 aromatic rings. The van der Waals surface area contributed by atoms with Crippen LogP contribution in [0, 0.1) is 5.82 Å². The highest BCUT2D eigenvalue weighted by molar-refractivity contribution is 7.99. The molecule has 0 saturated carbocycles. The van der Waals surface area contributed by atoms with Crippen LogP contribution in [0.4, 0.5) is 4.39 Å². The van der Waals surface area contributed by atoms with Gasteiger partial charge in [0.15, 0.2) is 0 Å². The fourth-order valence-electron chi connectivity index (χ4n) is 1.67. The lowest BCUT2D eigenvalue weighted by atomic mass is 10.0. The third-order valence-electron chi connectivity index (χ3n) is 2.36. The van der Waals surface area contributed by atoms with Crippen LogP contribution in [0.1, 0.15) is 18.0 Å². The monoisotopic (exact) mass is 197 g/mol. The molecule has 2 rings (SSSR count). The van der Waals surface area contributed by atoms with Crippen LogP contribution < -0.4 is 5.32 Å². The molecule has 0 aliphatic carbocycles. The van der Waals surface area contributed by atoms with Gasteiger partial charge in [0, 0.05) is 10.9 Å². The number of hydrogen-bond acceptors (Lipinski definition) is 2. The van der Waals surface area contributed by atoms with Crippen LogP contribution in [-0.2, 0) is 0 Å². The summed E-state index contributed by atoms with van der Waals surface area (Å²) >= 11 is 1.81. The molecule has 1 aliphatic heterocycles. The fraction of sp³-hybridized carbons (Fsp3) is 0.400. The minimum atomic E-state index is -0.137. The lowest BCUT2D eigenvalue weighted by molar-refractivity contribution is 0.553. The van der Waals surface area contributed by atoms with Gasteiger partial charge in [0.2, 0.25) is 0 Å². The van der Waals surface area contributed by atoms with E-state index in [4.69, 9.17) is 0 Å². The summed E-state index contributed by atoms with van der Waals surface area (Å²) in [7, 11) is 1.93. The van der Waals surface area contributed by atoms with Crippen molar-refractivity contribution in [3.63, 3.8) is 0 Å². The molecule has 0 aromatic heterocycles. The Morgan fingerprint density at radius 3 is 3.15 bits per heavy atom. The molecule has 70 valence electrons. The topological polar surface area (TPSA) is 12.0 Å². The minimum Gasteiger partial charge on any atom is -0.313 e. The van der Waals surface area contributed by atoms with Crippen LogP contribution in [-0.4, -0.2) is 12.8 Å². The molecule has 0 bridgehead atoms. The van der Waals surface area contributed by atoms with Crippen molar-refractivity contribution in [1.82, 2.24) is 5.32 Å². The van der Waals surface area contributed by atoms with Crippen LogP contribution in [0.3, 0.4) is 0 Å². The molecule has 1 aliphatic rings. The minimum absolute atomic E-state index is 0.137. The van der Waals surface area contributed by atoms with Gasteiger partial charge in [-0.05, 0) is 43.0 Å². The molecule has 1 atom stereocenters. The Balaban J connectivity index is 2.41. The zero-order valence-corrected chi connectivity index (χ0v) is 8.33. The maximum atomic E-state index is 13.0. The molecule has 1 N–H and O–H groups in total. The summed E-state index contributed by atoms with van der Waals surface area (Å²) in [5, 5.41) is 3.21. The molecule has 0 amide bonds. The van der Waals surface area contributed by atoms with E-state index in [9.17, 15) is 4.39 Å². The molecule has 0 fully saturated rings. The van der Waals surface area contributed by atoms with E-state index >= 15 is 0 Å². The zero-order valence-electron chi connectivity index (χ0n) is 7.51. The molecular weight excluding hydrogens is 185 g/mol. The number of rotatable bonds is 1. The second-order valence-electron chi connectivity index (χ2n) is 3.16. The number of nitrogens with one attached hydrogen (secondary N) is 1. The Labute approximate surface area is 81.7 Å². The molecule has 13 heavy (non-hydrogen) atoms. The van der Waals surface area contributed by atoms with Crippen molar-refractivity contribution >= 4 is 11.8 Å².